The number of likely N-dealkylation sites (tertiary alicyclic amines) is 1. The van der Waals surface area contributed by atoms with Crippen molar-refractivity contribution in [3.8, 4) is 0 Å². The fraction of sp³-hybridized carbons (Fsp3) is 0.438. The molecule has 3 heterocycles. The number of nitrogens with zero attached hydrogens (tertiary/aromatic N) is 3. The zero-order chi connectivity index (χ0) is 16.6. The van der Waals surface area contributed by atoms with Crippen molar-refractivity contribution in [1.29, 1.82) is 0 Å². The summed E-state index contributed by atoms with van der Waals surface area (Å²) in [5, 5.41) is 2.89. The Balaban J connectivity index is 1.91. The van der Waals surface area contributed by atoms with Gasteiger partial charge < -0.3 is 15.0 Å². The van der Waals surface area contributed by atoms with Gasteiger partial charge in [-0.1, -0.05) is 6.07 Å². The maximum Gasteiger partial charge on any atom is 0.270 e. The Labute approximate surface area is 133 Å². The van der Waals surface area contributed by atoms with E-state index in [0.29, 0.717) is 12.2 Å². The maximum atomic E-state index is 12.6. The summed E-state index contributed by atoms with van der Waals surface area (Å²) in [5.74, 6) is -0.414. The van der Waals surface area contributed by atoms with E-state index in [0.717, 1.165) is 12.2 Å². The first-order valence-corrected chi connectivity index (χ1v) is 7.51. The van der Waals surface area contributed by atoms with E-state index in [-0.39, 0.29) is 23.3 Å². The number of nitrogens with one attached hydrogen (secondary N) is 1. The van der Waals surface area contributed by atoms with Crippen LogP contribution in [0.3, 0.4) is 0 Å². The molecule has 2 aromatic rings. The van der Waals surface area contributed by atoms with E-state index in [4.69, 9.17) is 4.74 Å². The summed E-state index contributed by atoms with van der Waals surface area (Å²) in [6.07, 6.45) is 1.26. The monoisotopic (exact) mass is 316 g/mol. The first-order valence-electron chi connectivity index (χ1n) is 7.51. The fourth-order valence-corrected chi connectivity index (χ4v) is 3.02. The summed E-state index contributed by atoms with van der Waals surface area (Å²) >= 11 is 0. The van der Waals surface area contributed by atoms with Gasteiger partial charge in [-0.15, -0.1) is 0 Å². The smallest absolute Gasteiger partial charge is 0.270 e. The van der Waals surface area contributed by atoms with Crippen molar-refractivity contribution in [2.75, 3.05) is 27.2 Å². The summed E-state index contributed by atoms with van der Waals surface area (Å²) in [5.41, 5.74) is 0.957. The van der Waals surface area contributed by atoms with Crippen molar-refractivity contribution in [2.45, 2.75) is 19.1 Å². The number of methoxy groups -OCH3 is 1. The molecule has 0 unspecified atom stereocenters. The molecule has 23 heavy (non-hydrogen) atoms. The highest BCUT2D eigenvalue weighted by Gasteiger charge is 2.32. The number of fused-ring (bicyclic) bond motifs is 1. The van der Waals surface area contributed by atoms with Gasteiger partial charge in [0.05, 0.1) is 12.1 Å². The molecule has 0 bridgehead atoms. The first-order chi connectivity index (χ1) is 11.0. The SMILES string of the molecule is CO[C@H]1CN(C)C[C@@H]1NC(=O)c1cnc2cccc(C)n2c1=O. The number of ether oxygens (including phenoxy) is 1. The number of hydrogen-bond donors (Lipinski definition) is 1. The molecule has 1 N–H and O–H groups in total. The molecule has 0 radical (unpaired) electrons. The Morgan fingerprint density at radius 3 is 2.91 bits per heavy atom. The van der Waals surface area contributed by atoms with Gasteiger partial charge in [-0.25, -0.2) is 4.98 Å². The lowest BCUT2D eigenvalue weighted by Crippen LogP contribution is -2.45. The van der Waals surface area contributed by atoms with Crippen LogP contribution < -0.4 is 10.9 Å². The van der Waals surface area contributed by atoms with Crippen LogP contribution in [0.2, 0.25) is 0 Å². The van der Waals surface area contributed by atoms with Crippen LogP contribution in [0.1, 0.15) is 16.1 Å². The minimum Gasteiger partial charge on any atom is -0.378 e. The van der Waals surface area contributed by atoms with Crippen LogP contribution in [0, 0.1) is 6.92 Å². The predicted molar refractivity (Wildman–Crippen MR) is 85.7 cm³/mol. The molecule has 2 atom stereocenters. The van der Waals surface area contributed by atoms with Gasteiger partial charge in [0.15, 0.2) is 0 Å². The van der Waals surface area contributed by atoms with E-state index in [1.807, 2.05) is 26.1 Å². The topological polar surface area (TPSA) is 75.9 Å². The summed E-state index contributed by atoms with van der Waals surface area (Å²) < 4.78 is 6.84. The molecule has 7 heteroatoms. The third-order valence-corrected chi connectivity index (χ3v) is 4.24. The van der Waals surface area contributed by atoms with E-state index >= 15 is 0 Å². The third kappa shape index (κ3) is 2.85. The van der Waals surface area contributed by atoms with Gasteiger partial charge in [-0.2, -0.15) is 0 Å². The van der Waals surface area contributed by atoms with Crippen molar-refractivity contribution >= 4 is 11.6 Å². The van der Waals surface area contributed by atoms with Crippen molar-refractivity contribution in [2.24, 2.45) is 0 Å². The van der Waals surface area contributed by atoms with Crippen molar-refractivity contribution in [3.63, 3.8) is 0 Å². The third-order valence-electron chi connectivity index (χ3n) is 4.24. The van der Waals surface area contributed by atoms with Crippen LogP contribution in [0.25, 0.3) is 5.65 Å². The largest absolute Gasteiger partial charge is 0.378 e. The lowest BCUT2D eigenvalue weighted by Gasteiger charge is -2.18. The second-order valence-corrected chi connectivity index (χ2v) is 5.91. The Hall–Kier alpha value is -2.25. The van der Waals surface area contributed by atoms with E-state index in [9.17, 15) is 9.59 Å². The van der Waals surface area contributed by atoms with Crippen molar-refractivity contribution in [1.82, 2.24) is 19.6 Å². The molecule has 1 amide bonds. The zero-order valence-electron chi connectivity index (χ0n) is 13.4. The number of likely N-dealkylation sites (N-methyl/N-ethyl adjacent to an activating group) is 1. The predicted octanol–water partition coefficient (Wildman–Crippen LogP) is 0.0617. The minimum absolute atomic E-state index is 0.0428. The number of carbonyl (C=O) groups is 1. The summed E-state index contributed by atoms with van der Waals surface area (Å²) in [6, 6.07) is 5.23. The van der Waals surface area contributed by atoms with Gasteiger partial charge in [0.25, 0.3) is 11.5 Å². The normalized spacial score (nSPS) is 21.7. The quantitative estimate of drug-likeness (QED) is 0.867. The number of pyridine rings is 1. The number of carbonyl (C=O) groups excluding carboxylic acids is 1. The Morgan fingerprint density at radius 2 is 2.17 bits per heavy atom. The number of hydrogen-bond acceptors (Lipinski definition) is 5. The Bertz CT molecular complexity index is 802. The molecule has 1 aliphatic heterocycles. The molecule has 7 nitrogen and oxygen atoms in total. The molecule has 1 fully saturated rings. The van der Waals surface area contributed by atoms with Crippen molar-refractivity contribution < 1.29 is 9.53 Å². The molecule has 1 aliphatic rings. The van der Waals surface area contributed by atoms with Gasteiger partial charge in [0.1, 0.15) is 11.2 Å². The van der Waals surface area contributed by atoms with Crippen LogP contribution in [0.5, 0.6) is 0 Å². The molecule has 1 saturated heterocycles. The number of rotatable bonds is 3. The highest BCUT2D eigenvalue weighted by Crippen LogP contribution is 2.11. The number of aryl methyl sites for hydroxylation is 1. The van der Waals surface area contributed by atoms with Crippen LogP contribution in [-0.2, 0) is 4.74 Å². The minimum atomic E-state index is -0.414. The molecule has 3 rings (SSSR count). The lowest BCUT2D eigenvalue weighted by atomic mass is 10.2. The van der Waals surface area contributed by atoms with Crippen LogP contribution in [0.15, 0.2) is 29.2 Å². The molecule has 0 aliphatic carbocycles. The Kier molecular flexibility index (Phi) is 4.14. The highest BCUT2D eigenvalue weighted by molar-refractivity contribution is 5.94. The second-order valence-electron chi connectivity index (χ2n) is 5.91. The van der Waals surface area contributed by atoms with E-state index in [2.05, 4.69) is 15.2 Å². The fourth-order valence-electron chi connectivity index (χ4n) is 3.02. The van der Waals surface area contributed by atoms with E-state index in [1.165, 1.54) is 10.6 Å². The van der Waals surface area contributed by atoms with Gasteiger partial charge in [0, 0.05) is 32.1 Å². The van der Waals surface area contributed by atoms with Gasteiger partial charge in [-0.05, 0) is 26.1 Å². The van der Waals surface area contributed by atoms with Gasteiger partial charge in [-0.3, -0.25) is 14.0 Å². The number of aromatic nitrogens is 2. The van der Waals surface area contributed by atoms with E-state index < -0.39 is 5.91 Å². The summed E-state index contributed by atoms with van der Waals surface area (Å²) in [6.45, 7) is 3.24. The molecule has 0 spiro atoms. The molecule has 2 aromatic heterocycles. The zero-order valence-corrected chi connectivity index (χ0v) is 13.4. The molecule has 0 saturated carbocycles. The van der Waals surface area contributed by atoms with Gasteiger partial charge >= 0.3 is 0 Å². The van der Waals surface area contributed by atoms with Gasteiger partial charge in [0.2, 0.25) is 0 Å². The first kappa shape index (κ1) is 15.6. The Morgan fingerprint density at radius 1 is 1.39 bits per heavy atom. The average Bonchev–Trinajstić information content (AvgIpc) is 2.87. The van der Waals surface area contributed by atoms with E-state index in [1.54, 1.807) is 13.2 Å². The van der Waals surface area contributed by atoms with Crippen molar-refractivity contribution in [3.05, 3.63) is 46.0 Å². The molecule has 122 valence electrons. The lowest BCUT2D eigenvalue weighted by molar-refractivity contribution is 0.0764. The molecular weight excluding hydrogens is 296 g/mol. The highest BCUT2D eigenvalue weighted by atomic mass is 16.5. The second kappa shape index (κ2) is 6.10. The van der Waals surface area contributed by atoms with Crippen LogP contribution in [-0.4, -0.2) is 59.6 Å². The summed E-state index contributed by atoms with van der Waals surface area (Å²) in [4.78, 5) is 31.4. The maximum absolute atomic E-state index is 12.6. The average molecular weight is 316 g/mol. The van der Waals surface area contributed by atoms with Crippen LogP contribution >= 0.6 is 0 Å². The standard InChI is InChI=1S/C16H20N4O3/c1-10-5-4-6-14-17-7-11(16(22)20(10)14)15(21)18-12-8-19(2)9-13(12)23-3/h4-7,12-13H,8-9H2,1-3H3,(H,18,21)/t12-,13-/m0/s1. The van der Waals surface area contributed by atoms with Crippen LogP contribution in [0.4, 0.5) is 0 Å². The number of amides is 1. The molecule has 0 aromatic carbocycles. The summed E-state index contributed by atoms with van der Waals surface area (Å²) in [7, 11) is 3.59. The molecular formula is C16H20N4O3.